The molecule has 1 rings (SSSR count). The number of amides is 1. The maximum Gasteiger partial charge on any atom is 0.433 e. The first-order valence-corrected chi connectivity index (χ1v) is 6.49. The van der Waals surface area contributed by atoms with Gasteiger partial charge < -0.3 is 9.32 Å². The molecule has 0 aromatic carbocycles. The molecule has 1 aromatic rings. The molecule has 7 nitrogen and oxygen atoms in total. The normalized spacial score (nSPS) is 12.4. The zero-order valence-corrected chi connectivity index (χ0v) is 12.3. The summed E-state index contributed by atoms with van der Waals surface area (Å²) in [5, 5.41) is 13.6. The molecule has 1 heterocycles. The minimum absolute atomic E-state index is 0.0141. The van der Waals surface area contributed by atoms with Crippen molar-refractivity contribution in [3.8, 4) is 0 Å². The van der Waals surface area contributed by atoms with Crippen molar-refractivity contribution < 1.29 is 14.1 Å². The molecule has 0 radical (unpaired) electrons. The van der Waals surface area contributed by atoms with Crippen LogP contribution < -0.4 is 5.32 Å². The summed E-state index contributed by atoms with van der Waals surface area (Å²) in [5.41, 5.74) is 0. The third-order valence-electron chi connectivity index (χ3n) is 2.80. The number of carbonyl (C=O) groups is 1. The van der Waals surface area contributed by atoms with E-state index in [-0.39, 0.29) is 24.4 Å². The molecule has 0 spiro atoms. The Morgan fingerprint density at radius 3 is 2.55 bits per heavy atom. The average Bonchev–Trinajstić information content (AvgIpc) is 2.81. The summed E-state index contributed by atoms with van der Waals surface area (Å²) < 4.78 is 5.05. The molecule has 0 aliphatic carbocycles. The lowest BCUT2D eigenvalue weighted by Crippen LogP contribution is -2.44. The highest BCUT2D eigenvalue weighted by atomic mass is 16.6. The minimum atomic E-state index is -0.583. The fraction of sp³-hybridized carbons (Fsp3) is 0.615. The predicted molar refractivity (Wildman–Crippen MR) is 74.1 cm³/mol. The lowest BCUT2D eigenvalue weighted by molar-refractivity contribution is -0.402. The van der Waals surface area contributed by atoms with Crippen LogP contribution in [0.15, 0.2) is 16.5 Å². The topological polar surface area (TPSA) is 88.6 Å². The third-order valence-corrected chi connectivity index (χ3v) is 2.80. The molecule has 1 amide bonds. The summed E-state index contributed by atoms with van der Waals surface area (Å²) in [6.07, 6.45) is 0.694. The fourth-order valence-corrected chi connectivity index (χ4v) is 1.84. The van der Waals surface area contributed by atoms with Crippen LogP contribution in [0.25, 0.3) is 0 Å². The van der Waals surface area contributed by atoms with Gasteiger partial charge in [0.15, 0.2) is 0 Å². The molecule has 0 saturated heterocycles. The van der Waals surface area contributed by atoms with E-state index in [1.807, 2.05) is 13.8 Å². The molecular formula is C13H21N3O4. The molecule has 0 aliphatic heterocycles. The van der Waals surface area contributed by atoms with Crippen molar-refractivity contribution in [1.82, 2.24) is 10.2 Å². The number of furan rings is 1. The van der Waals surface area contributed by atoms with Crippen LogP contribution in [0.3, 0.4) is 0 Å². The summed E-state index contributed by atoms with van der Waals surface area (Å²) in [4.78, 5) is 23.5. The van der Waals surface area contributed by atoms with E-state index in [0.29, 0.717) is 18.1 Å². The van der Waals surface area contributed by atoms with Crippen LogP contribution in [-0.2, 0) is 11.3 Å². The monoisotopic (exact) mass is 283 g/mol. The highest BCUT2D eigenvalue weighted by molar-refractivity contribution is 5.81. The molecule has 0 bridgehead atoms. The summed E-state index contributed by atoms with van der Waals surface area (Å²) in [7, 11) is 3.41. The van der Waals surface area contributed by atoms with Gasteiger partial charge in [-0.1, -0.05) is 13.8 Å². The minimum Gasteiger partial charge on any atom is -0.404 e. The zero-order chi connectivity index (χ0) is 15.3. The quantitative estimate of drug-likeness (QED) is 0.608. The third kappa shape index (κ3) is 4.65. The Balaban J connectivity index is 2.65. The van der Waals surface area contributed by atoms with Crippen molar-refractivity contribution in [1.29, 1.82) is 0 Å². The van der Waals surface area contributed by atoms with Crippen molar-refractivity contribution >= 4 is 11.8 Å². The summed E-state index contributed by atoms with van der Waals surface area (Å²) in [5.74, 6) is 0.500. The second-order valence-electron chi connectivity index (χ2n) is 5.29. The van der Waals surface area contributed by atoms with Crippen LogP contribution in [-0.4, -0.2) is 35.9 Å². The Morgan fingerprint density at radius 2 is 2.10 bits per heavy atom. The van der Waals surface area contributed by atoms with Crippen molar-refractivity contribution in [3.63, 3.8) is 0 Å². The molecule has 0 fully saturated rings. The summed E-state index contributed by atoms with van der Waals surface area (Å²) in [6.45, 7) is 4.36. The van der Waals surface area contributed by atoms with E-state index in [9.17, 15) is 14.9 Å². The molecule has 0 saturated carbocycles. The molecule has 1 unspecified atom stereocenters. The number of nitro groups is 1. The van der Waals surface area contributed by atoms with Crippen LogP contribution in [0.1, 0.15) is 26.0 Å². The lowest BCUT2D eigenvalue weighted by Gasteiger charge is -2.22. The van der Waals surface area contributed by atoms with Crippen molar-refractivity contribution in [3.05, 3.63) is 28.0 Å². The number of hydrogen-bond donors (Lipinski definition) is 1. The van der Waals surface area contributed by atoms with E-state index in [2.05, 4.69) is 5.32 Å². The van der Waals surface area contributed by atoms with Gasteiger partial charge in [-0.3, -0.25) is 20.2 Å². The SMILES string of the molecule is CC(C)CC(NCc1ccc([N+](=O)[O-])o1)C(=O)N(C)C. The number of carbonyl (C=O) groups excluding carboxylic acids is 1. The number of likely N-dealkylation sites (N-methyl/N-ethyl adjacent to an activating group) is 1. The molecule has 1 N–H and O–H groups in total. The van der Waals surface area contributed by atoms with Crippen LogP contribution in [0, 0.1) is 16.0 Å². The van der Waals surface area contributed by atoms with Gasteiger partial charge in [-0.05, 0) is 18.4 Å². The number of rotatable bonds is 7. The molecule has 7 heteroatoms. The maximum absolute atomic E-state index is 12.0. The van der Waals surface area contributed by atoms with Gasteiger partial charge in [0, 0.05) is 14.1 Å². The zero-order valence-electron chi connectivity index (χ0n) is 12.3. The van der Waals surface area contributed by atoms with Crippen LogP contribution in [0.5, 0.6) is 0 Å². The largest absolute Gasteiger partial charge is 0.433 e. The van der Waals surface area contributed by atoms with Gasteiger partial charge in [0.1, 0.15) is 10.7 Å². The molecule has 0 aliphatic rings. The van der Waals surface area contributed by atoms with Crippen molar-refractivity contribution in [2.75, 3.05) is 14.1 Å². The van der Waals surface area contributed by atoms with Gasteiger partial charge >= 0.3 is 5.88 Å². The molecule has 112 valence electrons. The van der Waals surface area contributed by atoms with E-state index in [4.69, 9.17) is 4.42 Å². The Labute approximate surface area is 118 Å². The van der Waals surface area contributed by atoms with Gasteiger partial charge in [0.2, 0.25) is 5.91 Å². The van der Waals surface area contributed by atoms with Gasteiger partial charge in [0.25, 0.3) is 0 Å². The van der Waals surface area contributed by atoms with Gasteiger partial charge in [-0.25, -0.2) is 0 Å². The van der Waals surface area contributed by atoms with E-state index in [1.165, 1.54) is 17.0 Å². The summed E-state index contributed by atoms with van der Waals surface area (Å²) >= 11 is 0. The summed E-state index contributed by atoms with van der Waals surface area (Å²) in [6, 6.07) is 2.52. The smallest absolute Gasteiger partial charge is 0.404 e. The first-order chi connectivity index (χ1) is 9.31. The average molecular weight is 283 g/mol. The second-order valence-corrected chi connectivity index (χ2v) is 5.29. The first kappa shape index (κ1) is 16.2. The van der Waals surface area contributed by atoms with Crippen molar-refractivity contribution in [2.45, 2.75) is 32.9 Å². The maximum atomic E-state index is 12.0. The Bertz CT molecular complexity index is 468. The van der Waals surface area contributed by atoms with E-state index < -0.39 is 4.92 Å². The highest BCUT2D eigenvalue weighted by Crippen LogP contribution is 2.16. The molecule has 1 aromatic heterocycles. The Morgan fingerprint density at radius 1 is 1.45 bits per heavy atom. The van der Waals surface area contributed by atoms with Crippen molar-refractivity contribution in [2.24, 2.45) is 5.92 Å². The van der Waals surface area contributed by atoms with Gasteiger partial charge in [-0.2, -0.15) is 0 Å². The highest BCUT2D eigenvalue weighted by Gasteiger charge is 2.21. The first-order valence-electron chi connectivity index (χ1n) is 6.49. The van der Waals surface area contributed by atoms with Crippen LogP contribution >= 0.6 is 0 Å². The second kappa shape index (κ2) is 7.04. The van der Waals surface area contributed by atoms with Crippen LogP contribution in [0.4, 0.5) is 5.88 Å². The number of nitrogens with zero attached hydrogens (tertiary/aromatic N) is 2. The Kier molecular flexibility index (Phi) is 5.69. The number of hydrogen-bond acceptors (Lipinski definition) is 5. The Hall–Kier alpha value is -1.89. The predicted octanol–water partition coefficient (Wildman–Crippen LogP) is 1.78. The number of nitrogens with one attached hydrogen (secondary N) is 1. The lowest BCUT2D eigenvalue weighted by atomic mass is 10.0. The van der Waals surface area contributed by atoms with E-state index >= 15 is 0 Å². The van der Waals surface area contributed by atoms with Gasteiger partial charge in [0.05, 0.1) is 18.7 Å². The standard InChI is InChI=1S/C13H21N3O4/c1-9(2)7-11(13(17)15(3)4)14-8-10-5-6-12(20-10)16(18)19/h5-6,9,11,14H,7-8H2,1-4H3. The van der Waals surface area contributed by atoms with E-state index in [0.717, 1.165) is 0 Å². The van der Waals surface area contributed by atoms with E-state index in [1.54, 1.807) is 14.1 Å². The molecular weight excluding hydrogens is 262 g/mol. The molecule has 20 heavy (non-hydrogen) atoms. The van der Waals surface area contributed by atoms with Crippen LogP contribution in [0.2, 0.25) is 0 Å². The van der Waals surface area contributed by atoms with Gasteiger partial charge in [-0.15, -0.1) is 0 Å². The fourth-order valence-electron chi connectivity index (χ4n) is 1.84. The molecule has 1 atom stereocenters.